The molecule has 0 saturated heterocycles. The van der Waals surface area contributed by atoms with E-state index < -0.39 is 15.9 Å². The summed E-state index contributed by atoms with van der Waals surface area (Å²) in [7, 11) is -2.40. The minimum absolute atomic E-state index is 0.0156. The van der Waals surface area contributed by atoms with E-state index in [0.717, 1.165) is 30.6 Å². The highest BCUT2D eigenvalue weighted by atomic mass is 32.2. The van der Waals surface area contributed by atoms with Crippen LogP contribution in [-0.4, -0.2) is 43.1 Å². The van der Waals surface area contributed by atoms with Crippen molar-refractivity contribution in [2.45, 2.75) is 104 Å². The average Bonchev–Trinajstić information content (AvgIpc) is 3.08. The van der Waals surface area contributed by atoms with Crippen molar-refractivity contribution in [1.29, 1.82) is 0 Å². The maximum Gasteiger partial charge on any atom is 0.266 e. The van der Waals surface area contributed by atoms with E-state index in [1.807, 2.05) is 0 Å². The van der Waals surface area contributed by atoms with Crippen molar-refractivity contribution in [3.8, 4) is 0 Å². The van der Waals surface area contributed by atoms with Crippen LogP contribution in [0.15, 0.2) is 0 Å². The predicted octanol–water partition coefficient (Wildman–Crippen LogP) is 5.94. The fourth-order valence-electron chi connectivity index (χ4n) is 9.32. The molecule has 0 bridgehead atoms. The van der Waals surface area contributed by atoms with Crippen LogP contribution in [0.3, 0.4) is 0 Å². The summed E-state index contributed by atoms with van der Waals surface area (Å²) >= 11 is 0. The third-order valence-electron chi connectivity index (χ3n) is 11.7. The molecular weight excluding hydrogens is 434 g/mol. The predicted molar refractivity (Wildman–Crippen MR) is 132 cm³/mol. The van der Waals surface area contributed by atoms with Gasteiger partial charge in [0.25, 0.3) is 10.1 Å². The molecule has 6 heteroatoms. The van der Waals surface area contributed by atoms with Crippen molar-refractivity contribution < 1.29 is 17.8 Å². The van der Waals surface area contributed by atoms with E-state index in [-0.39, 0.29) is 12.5 Å². The van der Waals surface area contributed by atoms with Gasteiger partial charge in [-0.15, -0.1) is 0 Å². The summed E-state index contributed by atoms with van der Waals surface area (Å²) < 4.78 is 30.8. The second-order valence-electron chi connectivity index (χ2n) is 12.8. The van der Waals surface area contributed by atoms with Crippen LogP contribution in [0.25, 0.3) is 0 Å². The lowest BCUT2D eigenvalue weighted by atomic mass is 9.38. The summed E-state index contributed by atoms with van der Waals surface area (Å²) in [5, 5.41) is 0. The molecule has 0 radical (unpaired) electrons. The lowest BCUT2D eigenvalue weighted by Crippen LogP contribution is -2.59. The van der Waals surface area contributed by atoms with Gasteiger partial charge in [-0.3, -0.25) is 9.35 Å². The Kier molecular flexibility index (Phi) is 7.03. The summed E-state index contributed by atoms with van der Waals surface area (Å²) in [6, 6.07) is 0. The Balaban J connectivity index is 1.36. The molecule has 33 heavy (non-hydrogen) atoms. The quantitative estimate of drug-likeness (QED) is 0.457. The van der Waals surface area contributed by atoms with Gasteiger partial charge in [-0.25, -0.2) is 0 Å². The lowest BCUT2D eigenvalue weighted by Gasteiger charge is -2.66. The van der Waals surface area contributed by atoms with Crippen molar-refractivity contribution in [1.82, 2.24) is 4.90 Å². The van der Waals surface area contributed by atoms with Crippen molar-refractivity contribution in [2.75, 3.05) is 19.3 Å². The van der Waals surface area contributed by atoms with Crippen LogP contribution in [0.5, 0.6) is 0 Å². The van der Waals surface area contributed by atoms with Crippen LogP contribution in [0, 0.1) is 39.9 Å². The summed E-state index contributed by atoms with van der Waals surface area (Å²) in [4.78, 5) is 13.9. The van der Waals surface area contributed by atoms with E-state index in [1.54, 1.807) is 7.05 Å². The second kappa shape index (κ2) is 9.11. The number of carbonyl (C=O) groups is 1. The number of rotatable bonds is 7. The Morgan fingerprint density at radius 3 is 2.39 bits per heavy atom. The van der Waals surface area contributed by atoms with E-state index >= 15 is 0 Å². The van der Waals surface area contributed by atoms with Crippen LogP contribution in [0.1, 0.15) is 104 Å². The zero-order chi connectivity index (χ0) is 24.1. The molecule has 5 nitrogen and oxygen atoms in total. The van der Waals surface area contributed by atoms with Gasteiger partial charge in [0.05, 0.1) is 5.75 Å². The molecule has 0 heterocycles. The summed E-state index contributed by atoms with van der Waals surface area (Å²) in [6.45, 7) is 7.95. The van der Waals surface area contributed by atoms with E-state index in [9.17, 15) is 13.2 Å². The lowest BCUT2D eigenvalue weighted by molar-refractivity contribution is -0.174. The third kappa shape index (κ3) is 4.52. The molecular formula is C27H47NO4S. The van der Waals surface area contributed by atoms with Crippen molar-refractivity contribution in [3.63, 3.8) is 0 Å². The normalized spacial score (nSPS) is 42.8. The fourth-order valence-corrected chi connectivity index (χ4v) is 9.83. The molecule has 0 spiro atoms. The highest BCUT2D eigenvalue weighted by Crippen LogP contribution is 2.72. The van der Waals surface area contributed by atoms with Gasteiger partial charge in [-0.05, 0) is 104 Å². The monoisotopic (exact) mass is 481 g/mol. The molecule has 0 aromatic carbocycles. The SMILES string of the molecule is CN(CCS(=O)(=O)O)C(=O)CCCC1CCC2C3CCC4CCCCC4(C)C3(C)CCC12C. The number of amides is 1. The molecule has 190 valence electrons. The molecule has 7 unspecified atom stereocenters. The molecule has 1 amide bonds. The van der Waals surface area contributed by atoms with Gasteiger partial charge in [0, 0.05) is 20.0 Å². The van der Waals surface area contributed by atoms with Gasteiger partial charge < -0.3 is 4.90 Å². The average molecular weight is 482 g/mol. The first-order valence-electron chi connectivity index (χ1n) is 13.6. The van der Waals surface area contributed by atoms with Crippen molar-refractivity contribution in [3.05, 3.63) is 0 Å². The molecule has 4 saturated carbocycles. The summed E-state index contributed by atoms with van der Waals surface area (Å²) in [5.74, 6) is 2.95. The Labute approximate surface area is 202 Å². The first-order chi connectivity index (χ1) is 15.4. The number of hydrogen-bond donors (Lipinski definition) is 1. The number of hydrogen-bond acceptors (Lipinski definition) is 3. The van der Waals surface area contributed by atoms with Crippen molar-refractivity contribution >= 4 is 16.0 Å². The second-order valence-corrected chi connectivity index (χ2v) is 14.4. The van der Waals surface area contributed by atoms with Crippen molar-refractivity contribution in [2.24, 2.45) is 39.9 Å². The maximum atomic E-state index is 12.4. The maximum absolute atomic E-state index is 12.4. The molecule has 4 aliphatic rings. The van der Waals surface area contributed by atoms with Gasteiger partial charge >= 0.3 is 0 Å². The number of nitrogens with zero attached hydrogens (tertiary/aromatic N) is 1. The zero-order valence-corrected chi connectivity index (χ0v) is 22.3. The first kappa shape index (κ1) is 25.5. The first-order valence-corrected chi connectivity index (χ1v) is 15.2. The summed E-state index contributed by atoms with van der Waals surface area (Å²) in [5.41, 5.74) is 1.45. The van der Waals surface area contributed by atoms with Crippen LogP contribution >= 0.6 is 0 Å². The van der Waals surface area contributed by atoms with Gasteiger partial charge in [0.15, 0.2) is 0 Å². The van der Waals surface area contributed by atoms with E-state index in [4.69, 9.17) is 4.55 Å². The van der Waals surface area contributed by atoms with E-state index in [0.29, 0.717) is 28.6 Å². The summed E-state index contributed by atoms with van der Waals surface area (Å²) in [6.07, 6.45) is 16.5. The molecule has 4 fully saturated rings. The Morgan fingerprint density at radius 2 is 1.67 bits per heavy atom. The molecule has 7 atom stereocenters. The van der Waals surface area contributed by atoms with Gasteiger partial charge in [0.1, 0.15) is 0 Å². The van der Waals surface area contributed by atoms with Gasteiger partial charge in [-0.2, -0.15) is 8.42 Å². The highest BCUT2D eigenvalue weighted by Gasteiger charge is 2.64. The molecule has 0 aromatic rings. The minimum Gasteiger partial charge on any atom is -0.345 e. The Morgan fingerprint density at radius 1 is 0.939 bits per heavy atom. The Hall–Kier alpha value is -0.620. The van der Waals surface area contributed by atoms with Gasteiger partial charge in [-0.1, -0.05) is 33.6 Å². The Bertz CT molecular complexity index is 843. The molecule has 1 N–H and O–H groups in total. The smallest absolute Gasteiger partial charge is 0.266 e. The third-order valence-corrected chi connectivity index (χ3v) is 12.4. The van der Waals surface area contributed by atoms with Crippen LogP contribution in [-0.2, 0) is 14.9 Å². The number of fused-ring (bicyclic) bond motifs is 5. The molecule has 4 rings (SSSR count). The number of carbonyl (C=O) groups excluding carboxylic acids is 1. The van der Waals surface area contributed by atoms with Crippen LogP contribution in [0.2, 0.25) is 0 Å². The largest absolute Gasteiger partial charge is 0.345 e. The van der Waals surface area contributed by atoms with Gasteiger partial charge in [0.2, 0.25) is 5.91 Å². The van der Waals surface area contributed by atoms with E-state index in [1.165, 1.54) is 69.1 Å². The topological polar surface area (TPSA) is 74.7 Å². The zero-order valence-electron chi connectivity index (χ0n) is 21.4. The molecule has 4 aliphatic carbocycles. The molecule has 0 aromatic heterocycles. The highest BCUT2D eigenvalue weighted by molar-refractivity contribution is 7.85. The standard InChI is InChI=1S/C27H47NO4S/c1-25-16-17-27(3)23(14-12-21-8-5-6-15-26(21,27)2)22(25)13-11-20(25)9-7-10-24(29)28(4)18-19-33(30,31)32/h20-23H,5-19H2,1-4H3,(H,30,31,32). The van der Waals surface area contributed by atoms with Crippen LogP contribution < -0.4 is 0 Å². The van der Waals surface area contributed by atoms with Crippen LogP contribution in [0.4, 0.5) is 0 Å². The van der Waals surface area contributed by atoms with E-state index in [2.05, 4.69) is 20.8 Å². The fraction of sp³-hybridized carbons (Fsp3) is 0.963. The molecule has 0 aliphatic heterocycles. The minimum atomic E-state index is -4.03.